The Kier molecular flexibility index (Phi) is 6.72. The predicted octanol–water partition coefficient (Wildman–Crippen LogP) is 3.36. The molecule has 1 fully saturated rings. The maximum atomic E-state index is 12.6. The molecule has 5 rings (SSSR count). The van der Waals surface area contributed by atoms with Crippen molar-refractivity contribution in [1.82, 2.24) is 25.5 Å². The molecule has 1 unspecified atom stereocenters. The number of nitrogens with one attached hydrogen (secondary N) is 1. The summed E-state index contributed by atoms with van der Waals surface area (Å²) in [6.45, 7) is 9.73. The largest absolute Gasteiger partial charge is 0.470 e. The molecule has 0 radical (unpaired) electrons. The second-order valence-corrected chi connectivity index (χ2v) is 10.5. The number of rotatable bonds is 5. The van der Waals surface area contributed by atoms with Crippen molar-refractivity contribution in [2.45, 2.75) is 59.4 Å². The number of aromatic nitrogens is 2. The van der Waals surface area contributed by atoms with Crippen LogP contribution in [0.15, 0.2) is 50.8 Å². The number of amidine groups is 1. The Morgan fingerprint density at radius 2 is 2.00 bits per heavy atom. The van der Waals surface area contributed by atoms with Gasteiger partial charge in [0, 0.05) is 44.1 Å². The van der Waals surface area contributed by atoms with E-state index in [1.807, 2.05) is 31.1 Å². The van der Waals surface area contributed by atoms with Gasteiger partial charge in [-0.2, -0.15) is 5.10 Å². The molecule has 1 atom stereocenters. The highest BCUT2D eigenvalue weighted by atomic mass is 16.5. The van der Waals surface area contributed by atoms with Crippen LogP contribution in [-0.4, -0.2) is 64.1 Å². The van der Waals surface area contributed by atoms with Crippen LogP contribution in [0.1, 0.15) is 67.3 Å². The van der Waals surface area contributed by atoms with Gasteiger partial charge in [-0.1, -0.05) is 25.9 Å². The smallest absolute Gasteiger partial charge is 0.253 e. The van der Waals surface area contributed by atoms with Crippen LogP contribution in [0.25, 0.3) is 0 Å². The van der Waals surface area contributed by atoms with Crippen LogP contribution in [-0.2, 0) is 16.1 Å². The van der Waals surface area contributed by atoms with Crippen molar-refractivity contribution >= 4 is 17.6 Å². The van der Waals surface area contributed by atoms with Crippen molar-refractivity contribution in [3.63, 3.8) is 0 Å². The van der Waals surface area contributed by atoms with E-state index in [1.54, 1.807) is 23.3 Å². The van der Waals surface area contributed by atoms with Gasteiger partial charge < -0.3 is 19.3 Å². The number of carbonyl (C=O) groups excluding carboxylic acids is 1. The lowest BCUT2D eigenvalue weighted by Gasteiger charge is -2.31. The topological polar surface area (TPSA) is 118 Å². The van der Waals surface area contributed by atoms with E-state index in [0.29, 0.717) is 41.9 Å². The first-order valence-electron chi connectivity index (χ1n) is 12.5. The summed E-state index contributed by atoms with van der Waals surface area (Å²) in [6.07, 6.45) is 4.90. The Morgan fingerprint density at radius 3 is 2.65 bits per heavy atom. The molecule has 11 nitrogen and oxygen atoms in total. The van der Waals surface area contributed by atoms with E-state index < -0.39 is 0 Å². The molecule has 3 aliphatic rings. The van der Waals surface area contributed by atoms with E-state index in [2.05, 4.69) is 41.3 Å². The average Bonchev–Trinajstić information content (AvgIpc) is 3.43. The average molecular weight is 508 g/mol. The fourth-order valence-electron chi connectivity index (χ4n) is 4.45. The highest BCUT2D eigenvalue weighted by molar-refractivity contribution is 6.07. The zero-order valence-corrected chi connectivity index (χ0v) is 21.9. The van der Waals surface area contributed by atoms with Crippen molar-refractivity contribution in [3.05, 3.63) is 58.8 Å². The lowest BCUT2D eigenvalue weighted by atomic mass is 9.85. The predicted molar refractivity (Wildman–Crippen MR) is 136 cm³/mol. The fraction of sp³-hybridized carbons (Fsp3) is 0.500. The molecule has 2 aromatic heterocycles. The number of pyridine rings is 1. The number of amides is 1. The summed E-state index contributed by atoms with van der Waals surface area (Å²) in [5, 5.41) is 20.3. The molecule has 1 saturated heterocycles. The summed E-state index contributed by atoms with van der Waals surface area (Å²) >= 11 is 0. The molecule has 0 bridgehead atoms. The molecule has 1 amide bonds. The van der Waals surface area contributed by atoms with Crippen molar-refractivity contribution in [3.8, 4) is 0 Å². The Bertz CT molecular complexity index is 1240. The van der Waals surface area contributed by atoms with Gasteiger partial charge in [0.25, 0.3) is 5.91 Å². The molecule has 0 spiro atoms. The fourth-order valence-corrected chi connectivity index (χ4v) is 4.45. The summed E-state index contributed by atoms with van der Waals surface area (Å²) in [6, 6.07) is 5.59. The lowest BCUT2D eigenvalue weighted by molar-refractivity contribution is 0.0696. The van der Waals surface area contributed by atoms with Gasteiger partial charge in [0.15, 0.2) is 12.0 Å². The number of hydrogen-bond acceptors (Lipinski definition) is 10. The first kappa shape index (κ1) is 24.9. The van der Waals surface area contributed by atoms with E-state index in [9.17, 15) is 4.79 Å². The van der Waals surface area contributed by atoms with Gasteiger partial charge >= 0.3 is 0 Å². The SMILES string of the molecule is Cc1cc(C2N(C)N=C3C=C(C(C)(C)C)C(OCc4ccc(C(=O)NC5CCOCC5)cn4)=NN32)no1. The van der Waals surface area contributed by atoms with Crippen LogP contribution >= 0.6 is 0 Å². The minimum absolute atomic E-state index is 0.124. The number of aryl methyl sites for hydroxylation is 1. The Morgan fingerprint density at radius 1 is 1.22 bits per heavy atom. The summed E-state index contributed by atoms with van der Waals surface area (Å²) in [5.41, 5.74) is 2.63. The third-order valence-corrected chi connectivity index (χ3v) is 6.50. The molecule has 1 N–H and O–H groups in total. The minimum Gasteiger partial charge on any atom is -0.470 e. The zero-order valence-electron chi connectivity index (χ0n) is 21.9. The Labute approximate surface area is 216 Å². The second-order valence-electron chi connectivity index (χ2n) is 10.5. The number of fused-ring (bicyclic) bond motifs is 1. The molecule has 3 aliphatic heterocycles. The molecule has 196 valence electrons. The summed E-state index contributed by atoms with van der Waals surface area (Å²) in [4.78, 5) is 17.0. The number of hydrazone groups is 2. The van der Waals surface area contributed by atoms with Crippen LogP contribution in [0.4, 0.5) is 0 Å². The van der Waals surface area contributed by atoms with Crippen molar-refractivity contribution < 1.29 is 18.8 Å². The van der Waals surface area contributed by atoms with Crippen LogP contribution in [0.3, 0.4) is 0 Å². The quantitative estimate of drug-likeness (QED) is 0.655. The lowest BCUT2D eigenvalue weighted by Crippen LogP contribution is -2.38. The summed E-state index contributed by atoms with van der Waals surface area (Å²) < 4.78 is 16.9. The third kappa shape index (κ3) is 5.36. The van der Waals surface area contributed by atoms with Crippen LogP contribution in [0, 0.1) is 12.3 Å². The van der Waals surface area contributed by atoms with Crippen LogP contribution in [0.5, 0.6) is 0 Å². The molecular weight excluding hydrogens is 474 g/mol. The number of nitrogens with zero attached hydrogens (tertiary/aromatic N) is 6. The van der Waals surface area contributed by atoms with Gasteiger partial charge in [0.1, 0.15) is 18.1 Å². The Hall–Kier alpha value is -3.73. The van der Waals surface area contributed by atoms with Gasteiger partial charge in [0.2, 0.25) is 5.90 Å². The highest BCUT2D eigenvalue weighted by Crippen LogP contribution is 2.37. The minimum atomic E-state index is -0.338. The number of carbonyl (C=O) groups is 1. The standard InChI is InChI=1S/C26H33N7O4/c1-16-12-21(31-37-16)25-32(5)29-22-13-20(26(2,3)4)24(30-33(22)25)36-15-19-7-6-17(14-27-19)23(34)28-18-8-10-35-11-9-18/h6-7,12-14,18,25H,8-11,15H2,1-5H3,(H,28,34). The van der Waals surface area contributed by atoms with Gasteiger partial charge in [0.05, 0.1) is 11.3 Å². The molecule has 0 saturated carbocycles. The summed E-state index contributed by atoms with van der Waals surface area (Å²) in [5.74, 6) is 1.80. The number of ether oxygens (including phenoxy) is 2. The summed E-state index contributed by atoms with van der Waals surface area (Å²) in [7, 11) is 1.88. The molecule has 2 aromatic rings. The first-order valence-corrected chi connectivity index (χ1v) is 12.5. The van der Waals surface area contributed by atoms with E-state index in [0.717, 1.165) is 24.2 Å². The van der Waals surface area contributed by atoms with Crippen molar-refractivity contribution in [1.29, 1.82) is 0 Å². The van der Waals surface area contributed by atoms with Crippen LogP contribution in [0.2, 0.25) is 0 Å². The molecule has 11 heteroatoms. The highest BCUT2D eigenvalue weighted by Gasteiger charge is 2.40. The molecular formula is C26H33N7O4. The van der Waals surface area contributed by atoms with Crippen LogP contribution < -0.4 is 5.32 Å². The molecule has 0 aliphatic carbocycles. The van der Waals surface area contributed by atoms with E-state index in [-0.39, 0.29) is 30.1 Å². The van der Waals surface area contributed by atoms with Crippen molar-refractivity contribution in [2.24, 2.45) is 15.6 Å². The molecule has 5 heterocycles. The Balaban J connectivity index is 1.30. The van der Waals surface area contributed by atoms with Gasteiger partial charge in [-0.15, -0.1) is 5.10 Å². The number of hydrogen-bond donors (Lipinski definition) is 1. The van der Waals surface area contributed by atoms with E-state index >= 15 is 0 Å². The van der Waals surface area contributed by atoms with E-state index in [4.69, 9.17) is 19.1 Å². The zero-order chi connectivity index (χ0) is 26.2. The van der Waals surface area contributed by atoms with Crippen molar-refractivity contribution in [2.75, 3.05) is 20.3 Å². The second kappa shape index (κ2) is 9.97. The molecule has 0 aromatic carbocycles. The maximum absolute atomic E-state index is 12.6. The van der Waals surface area contributed by atoms with E-state index in [1.165, 1.54) is 0 Å². The molecule has 37 heavy (non-hydrogen) atoms. The third-order valence-electron chi connectivity index (χ3n) is 6.50. The van der Waals surface area contributed by atoms with Gasteiger partial charge in [-0.25, -0.2) is 5.01 Å². The van der Waals surface area contributed by atoms with Gasteiger partial charge in [-0.3, -0.25) is 14.8 Å². The monoisotopic (exact) mass is 507 g/mol. The first-order chi connectivity index (χ1) is 17.7. The van der Waals surface area contributed by atoms with Gasteiger partial charge in [-0.05, 0) is 43.4 Å². The normalized spacial score (nSPS) is 20.2. The maximum Gasteiger partial charge on any atom is 0.253 e.